The van der Waals surface area contributed by atoms with Crippen LogP contribution in [0.3, 0.4) is 0 Å². The van der Waals surface area contributed by atoms with Crippen molar-refractivity contribution in [2.75, 3.05) is 5.73 Å². The highest BCUT2D eigenvalue weighted by Crippen LogP contribution is 2.31. The van der Waals surface area contributed by atoms with Crippen LogP contribution < -0.4 is 5.73 Å². The Hall–Kier alpha value is -2.08. The molecule has 6 heteroatoms. The second kappa shape index (κ2) is 4.55. The molecule has 2 heterocycles. The van der Waals surface area contributed by atoms with Gasteiger partial charge in [0.2, 0.25) is 0 Å². The first-order chi connectivity index (χ1) is 9.13. The largest absolute Gasteiger partial charge is 0.399 e. The molecule has 0 atom stereocenters. The van der Waals surface area contributed by atoms with Crippen molar-refractivity contribution in [1.29, 1.82) is 0 Å². The van der Waals surface area contributed by atoms with Gasteiger partial charge in [0, 0.05) is 18.1 Å². The molecular formula is C13H13N5S. The van der Waals surface area contributed by atoms with Gasteiger partial charge < -0.3 is 5.73 Å². The molecule has 0 aliphatic carbocycles. The highest BCUT2D eigenvalue weighted by atomic mass is 32.2. The van der Waals surface area contributed by atoms with Gasteiger partial charge in [-0.15, -0.1) is 0 Å². The van der Waals surface area contributed by atoms with E-state index in [1.807, 2.05) is 42.9 Å². The topological polar surface area (TPSA) is 69.6 Å². The van der Waals surface area contributed by atoms with Gasteiger partial charge in [-0.3, -0.25) is 4.68 Å². The molecule has 0 radical (unpaired) electrons. The molecule has 0 aliphatic rings. The van der Waals surface area contributed by atoms with Crippen molar-refractivity contribution in [2.24, 2.45) is 7.05 Å². The summed E-state index contributed by atoms with van der Waals surface area (Å²) in [6.45, 7) is 1.98. The van der Waals surface area contributed by atoms with E-state index >= 15 is 0 Å². The molecule has 2 N–H and O–H groups in total. The molecule has 1 aromatic carbocycles. The van der Waals surface area contributed by atoms with Gasteiger partial charge in [0.25, 0.3) is 0 Å². The number of hydrogen-bond donors (Lipinski definition) is 1. The van der Waals surface area contributed by atoms with Gasteiger partial charge in [-0.25, -0.2) is 9.97 Å². The molecule has 0 bridgehead atoms. The number of nitrogen functional groups attached to an aromatic ring is 1. The van der Waals surface area contributed by atoms with Crippen molar-refractivity contribution in [3.05, 3.63) is 36.3 Å². The normalized spacial score (nSPS) is 11.1. The molecule has 0 spiro atoms. The van der Waals surface area contributed by atoms with Crippen LogP contribution in [-0.4, -0.2) is 19.7 Å². The molecule has 19 heavy (non-hydrogen) atoms. The minimum atomic E-state index is 0.707. The van der Waals surface area contributed by atoms with E-state index in [-0.39, 0.29) is 0 Å². The number of anilines is 1. The van der Waals surface area contributed by atoms with Crippen LogP contribution >= 0.6 is 11.8 Å². The van der Waals surface area contributed by atoms with Crippen molar-refractivity contribution in [3.63, 3.8) is 0 Å². The lowest BCUT2D eigenvalue weighted by Crippen LogP contribution is -1.94. The van der Waals surface area contributed by atoms with Gasteiger partial charge in [0.15, 0.2) is 0 Å². The summed E-state index contributed by atoms with van der Waals surface area (Å²) in [5, 5.41) is 7.29. The molecule has 0 unspecified atom stereocenters. The molecule has 0 aliphatic heterocycles. The number of benzene rings is 1. The van der Waals surface area contributed by atoms with Gasteiger partial charge in [-0.1, -0.05) is 0 Å². The Morgan fingerprint density at radius 3 is 2.79 bits per heavy atom. The zero-order valence-electron chi connectivity index (χ0n) is 10.7. The molecule has 0 saturated heterocycles. The first-order valence-corrected chi connectivity index (χ1v) is 6.64. The quantitative estimate of drug-likeness (QED) is 0.572. The summed E-state index contributed by atoms with van der Waals surface area (Å²) in [7, 11) is 1.93. The van der Waals surface area contributed by atoms with Crippen molar-refractivity contribution in [1.82, 2.24) is 19.7 Å². The van der Waals surface area contributed by atoms with Crippen LogP contribution in [0.15, 0.2) is 40.6 Å². The number of fused-ring (bicyclic) bond motifs is 1. The smallest absolute Gasteiger partial charge is 0.117 e. The van der Waals surface area contributed by atoms with Crippen LogP contribution in [0.2, 0.25) is 0 Å². The molecule has 3 aromatic rings. The zero-order chi connectivity index (χ0) is 13.4. The summed E-state index contributed by atoms with van der Waals surface area (Å²) in [5.41, 5.74) is 8.33. The summed E-state index contributed by atoms with van der Waals surface area (Å²) in [6.07, 6.45) is 1.56. The second-order valence-corrected chi connectivity index (χ2v) is 5.31. The van der Waals surface area contributed by atoms with Crippen LogP contribution in [0.1, 0.15) is 5.69 Å². The molecule has 5 nitrogen and oxygen atoms in total. The highest BCUT2D eigenvalue weighted by molar-refractivity contribution is 7.99. The number of rotatable bonds is 2. The third kappa shape index (κ3) is 2.26. The van der Waals surface area contributed by atoms with Gasteiger partial charge in [0.05, 0.1) is 11.2 Å². The number of hydrogen-bond acceptors (Lipinski definition) is 5. The third-order valence-corrected chi connectivity index (χ3v) is 3.89. The summed E-state index contributed by atoms with van der Waals surface area (Å²) in [5.74, 6) is 0. The summed E-state index contributed by atoms with van der Waals surface area (Å²) in [6, 6.07) is 7.71. The van der Waals surface area contributed by atoms with Crippen LogP contribution in [0.4, 0.5) is 5.69 Å². The Kier molecular flexibility index (Phi) is 2.87. The Bertz CT molecular complexity index is 750. The van der Waals surface area contributed by atoms with Crippen LogP contribution in [-0.2, 0) is 7.05 Å². The molecule has 3 rings (SSSR count). The van der Waals surface area contributed by atoms with Crippen molar-refractivity contribution >= 4 is 28.4 Å². The van der Waals surface area contributed by atoms with E-state index in [1.165, 1.54) is 0 Å². The number of aryl methyl sites for hydroxylation is 2. The zero-order valence-corrected chi connectivity index (χ0v) is 11.5. The maximum absolute atomic E-state index is 5.77. The fourth-order valence-corrected chi connectivity index (χ4v) is 2.90. The molecule has 2 aromatic heterocycles. The molecule has 96 valence electrons. The second-order valence-electron chi connectivity index (χ2n) is 4.31. The summed E-state index contributed by atoms with van der Waals surface area (Å²) in [4.78, 5) is 8.60. The predicted octanol–water partition coefficient (Wildman–Crippen LogP) is 2.41. The average Bonchev–Trinajstić information content (AvgIpc) is 2.68. The lowest BCUT2D eigenvalue weighted by Gasteiger charge is -2.05. The van der Waals surface area contributed by atoms with Gasteiger partial charge in [-0.05, 0) is 43.0 Å². The Balaban J connectivity index is 2.08. The van der Waals surface area contributed by atoms with Crippen molar-refractivity contribution in [3.8, 4) is 0 Å². The van der Waals surface area contributed by atoms with E-state index < -0.39 is 0 Å². The predicted molar refractivity (Wildman–Crippen MR) is 76.0 cm³/mol. The van der Waals surface area contributed by atoms with Crippen molar-refractivity contribution < 1.29 is 0 Å². The van der Waals surface area contributed by atoms with E-state index in [1.54, 1.807) is 18.1 Å². The fourth-order valence-electron chi connectivity index (χ4n) is 1.91. The van der Waals surface area contributed by atoms with Gasteiger partial charge >= 0.3 is 0 Å². The monoisotopic (exact) mass is 271 g/mol. The number of nitrogens with two attached hydrogens (primary N) is 1. The maximum Gasteiger partial charge on any atom is 0.117 e. The molecule has 0 saturated carbocycles. The molecular weight excluding hydrogens is 258 g/mol. The Labute approximate surface area is 114 Å². The lowest BCUT2D eigenvalue weighted by molar-refractivity contribution is 0.692. The van der Waals surface area contributed by atoms with Crippen LogP contribution in [0.25, 0.3) is 10.9 Å². The van der Waals surface area contributed by atoms with E-state index in [2.05, 4.69) is 15.1 Å². The Morgan fingerprint density at radius 2 is 2.05 bits per heavy atom. The fraction of sp³-hybridized carbons (Fsp3) is 0.154. The minimum Gasteiger partial charge on any atom is -0.399 e. The summed E-state index contributed by atoms with van der Waals surface area (Å²) < 4.78 is 1.85. The highest BCUT2D eigenvalue weighted by Gasteiger charge is 2.09. The standard InChI is InChI=1S/C13H13N5S/c1-8-5-12(18(2)17-8)19-13-10-4-3-9(14)6-11(10)15-7-16-13/h3-7H,14H2,1-2H3. The molecule has 0 fully saturated rings. The van der Waals surface area contributed by atoms with E-state index in [0.717, 1.165) is 26.6 Å². The van der Waals surface area contributed by atoms with Crippen LogP contribution in [0, 0.1) is 6.92 Å². The van der Waals surface area contributed by atoms with Crippen LogP contribution in [0.5, 0.6) is 0 Å². The van der Waals surface area contributed by atoms with Gasteiger partial charge in [-0.2, -0.15) is 5.10 Å². The maximum atomic E-state index is 5.77. The summed E-state index contributed by atoms with van der Waals surface area (Å²) >= 11 is 1.58. The molecule has 0 amide bonds. The minimum absolute atomic E-state index is 0.707. The third-order valence-electron chi connectivity index (χ3n) is 2.78. The van der Waals surface area contributed by atoms with E-state index in [4.69, 9.17) is 5.73 Å². The van der Waals surface area contributed by atoms with E-state index in [9.17, 15) is 0 Å². The number of aromatic nitrogens is 4. The lowest BCUT2D eigenvalue weighted by atomic mass is 10.2. The Morgan fingerprint density at radius 1 is 1.21 bits per heavy atom. The van der Waals surface area contributed by atoms with Crippen molar-refractivity contribution in [2.45, 2.75) is 17.0 Å². The SMILES string of the molecule is Cc1cc(Sc2ncnc3cc(N)ccc23)n(C)n1. The van der Waals surface area contributed by atoms with E-state index in [0.29, 0.717) is 5.69 Å². The first-order valence-electron chi connectivity index (χ1n) is 5.82. The number of nitrogens with zero attached hydrogens (tertiary/aromatic N) is 4. The average molecular weight is 271 g/mol. The first kappa shape index (κ1) is 12.0. The van der Waals surface area contributed by atoms with Gasteiger partial charge in [0.1, 0.15) is 16.4 Å².